The maximum absolute atomic E-state index is 13.7. The summed E-state index contributed by atoms with van der Waals surface area (Å²) in [5.41, 5.74) is 1.04. The molecule has 1 saturated heterocycles. The van der Waals surface area contributed by atoms with Crippen molar-refractivity contribution < 1.29 is 17.6 Å². The first kappa shape index (κ1) is 18.9. The molecule has 2 aromatic carbocycles. The van der Waals surface area contributed by atoms with E-state index in [0.717, 1.165) is 11.7 Å². The van der Waals surface area contributed by atoms with Crippen LogP contribution in [0.1, 0.15) is 12.8 Å². The Morgan fingerprint density at radius 3 is 2.61 bits per heavy atom. The number of sulfonamides is 1. The lowest BCUT2D eigenvalue weighted by Crippen LogP contribution is -2.41. The summed E-state index contributed by atoms with van der Waals surface area (Å²) in [6.45, 7) is 0.428. The molecule has 28 heavy (non-hydrogen) atoms. The topological polar surface area (TPSA) is 92.3 Å². The molecule has 0 atom stereocenters. The number of fused-ring (bicyclic) bond motifs is 1. The zero-order valence-corrected chi connectivity index (χ0v) is 16.3. The Bertz CT molecular complexity index is 1120. The lowest BCUT2D eigenvalue weighted by molar-refractivity contribution is -0.120. The number of rotatable bonds is 4. The Morgan fingerprint density at radius 1 is 1.11 bits per heavy atom. The van der Waals surface area contributed by atoms with Crippen molar-refractivity contribution in [3.8, 4) is 0 Å². The Kier molecular flexibility index (Phi) is 5.09. The van der Waals surface area contributed by atoms with E-state index in [9.17, 15) is 17.6 Å². The second-order valence-corrected chi connectivity index (χ2v) is 8.97. The number of halogens is 1. The van der Waals surface area contributed by atoms with E-state index in [1.165, 1.54) is 22.5 Å². The largest absolute Gasteiger partial charge is 0.323 e. The van der Waals surface area contributed by atoms with Crippen LogP contribution in [0.25, 0.3) is 11.0 Å². The van der Waals surface area contributed by atoms with Gasteiger partial charge in [0.2, 0.25) is 15.9 Å². The van der Waals surface area contributed by atoms with Crippen LogP contribution in [0.15, 0.2) is 47.4 Å². The summed E-state index contributed by atoms with van der Waals surface area (Å²) in [6.07, 6.45) is 0.732. The quantitative estimate of drug-likeness (QED) is 0.701. The molecule has 1 aromatic heterocycles. The van der Waals surface area contributed by atoms with Gasteiger partial charge in [0.25, 0.3) is 0 Å². The van der Waals surface area contributed by atoms with Crippen LogP contribution in [0, 0.1) is 11.7 Å². The summed E-state index contributed by atoms with van der Waals surface area (Å²) in [7, 11) is -3.73. The number of amides is 1. The predicted octanol–water partition coefficient (Wildman–Crippen LogP) is 2.87. The van der Waals surface area contributed by atoms with Gasteiger partial charge >= 0.3 is 0 Å². The highest BCUT2D eigenvalue weighted by molar-refractivity contribution is 7.89. The fraction of sp³-hybridized carbons (Fsp3) is 0.278. The number of carbonyl (C=O) groups is 1. The molecule has 1 aliphatic heterocycles. The van der Waals surface area contributed by atoms with Crippen LogP contribution >= 0.6 is 11.7 Å². The van der Waals surface area contributed by atoms with Crippen LogP contribution in [0.2, 0.25) is 0 Å². The molecular formula is C18H17FN4O3S2. The first-order valence-electron chi connectivity index (χ1n) is 8.73. The van der Waals surface area contributed by atoms with Crippen LogP contribution in [0.4, 0.5) is 10.1 Å². The van der Waals surface area contributed by atoms with Crippen molar-refractivity contribution in [1.82, 2.24) is 13.1 Å². The van der Waals surface area contributed by atoms with Gasteiger partial charge in [0.05, 0.1) is 17.4 Å². The number of piperidine rings is 1. The third kappa shape index (κ3) is 3.50. The maximum atomic E-state index is 13.7. The van der Waals surface area contributed by atoms with Crippen molar-refractivity contribution in [2.45, 2.75) is 17.7 Å². The van der Waals surface area contributed by atoms with Crippen molar-refractivity contribution in [2.24, 2.45) is 5.92 Å². The van der Waals surface area contributed by atoms with Gasteiger partial charge in [-0.2, -0.15) is 13.1 Å². The van der Waals surface area contributed by atoms with Crippen molar-refractivity contribution in [3.05, 3.63) is 48.3 Å². The van der Waals surface area contributed by atoms with Crippen molar-refractivity contribution in [3.63, 3.8) is 0 Å². The minimum Gasteiger partial charge on any atom is -0.323 e. The van der Waals surface area contributed by atoms with E-state index in [-0.39, 0.29) is 35.5 Å². The number of nitrogens with zero attached hydrogens (tertiary/aromatic N) is 3. The number of carbonyl (C=O) groups excluding carboxylic acids is 1. The second-order valence-electron chi connectivity index (χ2n) is 6.54. The number of anilines is 1. The SMILES string of the molecule is O=C(Nc1ccccc1F)C1CCN(S(=O)(=O)c2cccc3nsnc23)CC1. The second kappa shape index (κ2) is 7.53. The Balaban J connectivity index is 1.46. The summed E-state index contributed by atoms with van der Waals surface area (Å²) in [5, 5.41) is 2.59. The number of para-hydroxylation sites is 1. The Hall–Kier alpha value is -2.43. The zero-order valence-electron chi connectivity index (χ0n) is 14.7. The molecule has 0 unspecified atom stereocenters. The fourth-order valence-electron chi connectivity index (χ4n) is 3.28. The van der Waals surface area contributed by atoms with E-state index >= 15 is 0 Å². The van der Waals surface area contributed by atoms with E-state index in [1.807, 2.05) is 0 Å². The minimum atomic E-state index is -3.73. The average molecular weight is 420 g/mol. The molecule has 0 saturated carbocycles. The molecule has 1 amide bonds. The van der Waals surface area contributed by atoms with E-state index in [2.05, 4.69) is 14.1 Å². The lowest BCUT2D eigenvalue weighted by Gasteiger charge is -2.30. The Morgan fingerprint density at radius 2 is 1.86 bits per heavy atom. The van der Waals surface area contributed by atoms with E-state index < -0.39 is 15.8 Å². The van der Waals surface area contributed by atoms with Gasteiger partial charge in [-0.1, -0.05) is 18.2 Å². The number of nitrogens with one attached hydrogen (secondary N) is 1. The molecule has 7 nitrogen and oxygen atoms in total. The molecule has 1 fully saturated rings. The molecule has 1 N–H and O–H groups in total. The molecule has 0 aliphatic carbocycles. The molecule has 146 valence electrons. The maximum Gasteiger partial charge on any atom is 0.245 e. The summed E-state index contributed by atoms with van der Waals surface area (Å²) in [5.74, 6) is -1.17. The highest BCUT2D eigenvalue weighted by atomic mass is 32.2. The normalized spacial score (nSPS) is 16.3. The first-order chi connectivity index (χ1) is 13.5. The van der Waals surface area contributed by atoms with Crippen LogP contribution in [0.5, 0.6) is 0 Å². The molecule has 0 radical (unpaired) electrons. The molecule has 4 rings (SSSR count). The van der Waals surface area contributed by atoms with Gasteiger partial charge in [-0.05, 0) is 37.1 Å². The standard InChI is InChI=1S/C18H17FN4O3S2/c19-13-4-1-2-5-14(13)20-18(24)12-8-10-23(11-9-12)28(25,26)16-7-3-6-15-17(16)22-27-21-15/h1-7,12H,8-11H2,(H,20,24). The van der Waals surface area contributed by atoms with Gasteiger partial charge in [-0.3, -0.25) is 4.79 Å². The van der Waals surface area contributed by atoms with Crippen LogP contribution in [0.3, 0.4) is 0 Å². The fourth-order valence-corrected chi connectivity index (χ4v) is 5.51. The Labute approximate surface area is 165 Å². The monoisotopic (exact) mass is 420 g/mol. The molecule has 10 heteroatoms. The van der Waals surface area contributed by atoms with Crippen molar-refractivity contribution >= 4 is 44.4 Å². The van der Waals surface area contributed by atoms with Gasteiger partial charge in [0, 0.05) is 19.0 Å². The molecular weight excluding hydrogens is 403 g/mol. The summed E-state index contributed by atoms with van der Waals surface area (Å²) >= 11 is 0.970. The third-order valence-electron chi connectivity index (χ3n) is 4.82. The van der Waals surface area contributed by atoms with Crippen LogP contribution in [-0.2, 0) is 14.8 Å². The molecule has 0 bridgehead atoms. The highest BCUT2D eigenvalue weighted by Gasteiger charge is 2.33. The summed E-state index contributed by atoms with van der Waals surface area (Å²) in [6, 6.07) is 10.8. The van der Waals surface area contributed by atoms with E-state index in [0.29, 0.717) is 23.9 Å². The molecule has 2 heterocycles. The summed E-state index contributed by atoms with van der Waals surface area (Å²) < 4.78 is 49.3. The van der Waals surface area contributed by atoms with Gasteiger partial charge in [-0.15, -0.1) is 0 Å². The zero-order chi connectivity index (χ0) is 19.7. The smallest absolute Gasteiger partial charge is 0.245 e. The summed E-state index contributed by atoms with van der Waals surface area (Å²) in [4.78, 5) is 12.6. The van der Waals surface area contributed by atoms with E-state index in [4.69, 9.17) is 0 Å². The first-order valence-corrected chi connectivity index (χ1v) is 10.9. The number of hydrogen-bond donors (Lipinski definition) is 1. The lowest BCUT2D eigenvalue weighted by atomic mass is 9.97. The molecule has 0 spiro atoms. The van der Waals surface area contributed by atoms with Crippen molar-refractivity contribution in [2.75, 3.05) is 18.4 Å². The average Bonchev–Trinajstić information content (AvgIpc) is 3.18. The van der Waals surface area contributed by atoms with Gasteiger partial charge in [-0.25, -0.2) is 12.8 Å². The number of aromatic nitrogens is 2. The molecule has 1 aliphatic rings. The number of benzene rings is 2. The van der Waals surface area contributed by atoms with Crippen LogP contribution < -0.4 is 5.32 Å². The predicted molar refractivity (Wildman–Crippen MR) is 104 cm³/mol. The minimum absolute atomic E-state index is 0.130. The van der Waals surface area contributed by atoms with Crippen LogP contribution in [-0.4, -0.2) is 40.5 Å². The highest BCUT2D eigenvalue weighted by Crippen LogP contribution is 2.28. The third-order valence-corrected chi connectivity index (χ3v) is 7.30. The molecule has 3 aromatic rings. The van der Waals surface area contributed by atoms with Crippen molar-refractivity contribution in [1.29, 1.82) is 0 Å². The van der Waals surface area contributed by atoms with E-state index in [1.54, 1.807) is 24.3 Å². The number of hydrogen-bond acceptors (Lipinski definition) is 6. The van der Waals surface area contributed by atoms with Gasteiger partial charge in [0.1, 0.15) is 21.7 Å². The van der Waals surface area contributed by atoms with Gasteiger partial charge in [0.15, 0.2) is 0 Å². The van der Waals surface area contributed by atoms with Gasteiger partial charge < -0.3 is 5.32 Å².